The van der Waals surface area contributed by atoms with E-state index in [9.17, 15) is 110 Å². The van der Waals surface area contributed by atoms with Crippen molar-refractivity contribution in [2.24, 2.45) is 4.99 Å². The molecule has 1 aliphatic heterocycles. The first-order valence-electron chi connectivity index (χ1n) is 34.1. The Labute approximate surface area is 673 Å². The number of nitrogens with zero attached hydrogens (tertiary/aromatic N) is 2. The van der Waals surface area contributed by atoms with Crippen molar-refractivity contribution in [3.63, 3.8) is 0 Å². The van der Waals surface area contributed by atoms with Gasteiger partial charge in [-0.05, 0) is 169 Å². The Morgan fingerprint density at radius 1 is 0.339 bits per heavy atom. The molecule has 3 nitrogen and oxygen atoms in total. The molecule has 0 unspecified atom stereocenters. The summed E-state index contributed by atoms with van der Waals surface area (Å²) in [5.74, 6) is 1.67. The Balaban J connectivity index is 0.000000249. The van der Waals surface area contributed by atoms with Gasteiger partial charge in [-0.2, -0.15) is 127 Å². The summed E-state index contributed by atoms with van der Waals surface area (Å²) in [6, 6.07) is 42.2. The van der Waals surface area contributed by atoms with E-state index in [4.69, 9.17) is 4.99 Å². The number of carbonyl (C=O) groups excluding carboxylic acids is 1. The summed E-state index contributed by atoms with van der Waals surface area (Å²) in [6.45, 7) is 0. The molecular weight excluding hydrogens is 1800 g/mol. The molecule has 3 saturated carbocycles. The van der Waals surface area contributed by atoms with Gasteiger partial charge in [0.25, 0.3) is 5.91 Å². The van der Waals surface area contributed by atoms with Crippen LogP contribution in [0.25, 0.3) is 0 Å². The van der Waals surface area contributed by atoms with Crippen LogP contribution in [-0.4, -0.2) is 22.8 Å². The van der Waals surface area contributed by atoms with Crippen LogP contribution in [0.4, 0.5) is 105 Å². The first-order chi connectivity index (χ1) is 53.1. The van der Waals surface area contributed by atoms with Crippen LogP contribution in [0.2, 0.25) is 0 Å². The molecule has 31 heteroatoms. The van der Waals surface area contributed by atoms with Crippen molar-refractivity contribution in [2.45, 2.75) is 87.2 Å². The summed E-state index contributed by atoms with van der Waals surface area (Å²) in [5.41, 5.74) is -26.2. The van der Waals surface area contributed by atoms with Gasteiger partial charge < -0.3 is 0 Å². The zero-order valence-electron chi connectivity index (χ0n) is 58.9. The third kappa shape index (κ3) is 23.1. The largest absolute Gasteiger partial charge is 2.00 e. The minimum atomic E-state index is -6.13. The monoisotopic (exact) mass is 1860 g/mol. The Hall–Kier alpha value is -7.90. The zero-order valence-corrected chi connectivity index (χ0v) is 63.3. The second-order valence-corrected chi connectivity index (χ2v) is 28.0. The van der Waals surface area contributed by atoms with E-state index in [0.717, 1.165) is 22.9 Å². The molecule has 9 aromatic rings. The van der Waals surface area contributed by atoms with Gasteiger partial charge in [-0.3, -0.25) is 14.7 Å². The molecule has 0 spiro atoms. The average molecular weight is 1860 g/mol. The minimum absolute atomic E-state index is 0. The Bertz CT molecular complexity index is 4160. The van der Waals surface area contributed by atoms with Gasteiger partial charge in [0.05, 0.1) is 56.5 Å². The average Bonchev–Trinajstić information content (AvgIpc) is 1.72. The van der Waals surface area contributed by atoms with Crippen molar-refractivity contribution in [1.82, 2.24) is 4.90 Å². The molecule has 0 saturated heterocycles. The van der Waals surface area contributed by atoms with Crippen molar-refractivity contribution in [3.05, 3.63) is 374 Å². The number of alkyl halides is 24. The van der Waals surface area contributed by atoms with Crippen molar-refractivity contribution < 1.29 is 147 Å². The minimum Gasteiger partial charge on any atom is -0.286 e. The molecule has 1 amide bonds. The topological polar surface area (TPSA) is 32.7 Å². The van der Waals surface area contributed by atoms with Gasteiger partial charge >= 0.3 is 66.5 Å². The number of amidine groups is 1. The molecule has 603 valence electrons. The quantitative estimate of drug-likeness (QED) is 0.0722. The molecule has 3 aliphatic carbocycles. The number of rotatable bonds is 11. The van der Waals surface area contributed by atoms with Crippen LogP contribution in [0.1, 0.15) is 104 Å². The number of hydrogen-bond donors (Lipinski definition) is 0. The molecule has 0 N–H and O–H groups in total. The third-order valence-electron chi connectivity index (χ3n) is 18.2. The Morgan fingerprint density at radius 3 is 0.878 bits per heavy atom. The molecular formula is C84H59BF24FeIrN2OP+. The van der Waals surface area contributed by atoms with Gasteiger partial charge in [-0.25, -0.2) is 0 Å². The Morgan fingerprint density at radius 2 is 0.600 bits per heavy atom. The molecule has 0 aromatic heterocycles. The molecule has 0 bridgehead atoms. The maximum Gasteiger partial charge on any atom is 2.00 e. The predicted octanol–water partition coefficient (Wildman–Crippen LogP) is 22.5. The maximum absolute atomic E-state index is 14.6. The fourth-order valence-corrected chi connectivity index (χ4v) is 15.6. The van der Waals surface area contributed by atoms with E-state index < -0.39 is 203 Å². The van der Waals surface area contributed by atoms with Gasteiger partial charge in [0.15, 0.2) is 0 Å². The third-order valence-corrected chi connectivity index (χ3v) is 20.7. The molecule has 9 aromatic carbocycles. The summed E-state index contributed by atoms with van der Waals surface area (Å²) >= 11 is 0. The summed E-state index contributed by atoms with van der Waals surface area (Å²) in [4.78, 5) is 22.0. The van der Waals surface area contributed by atoms with Crippen molar-refractivity contribution in [2.75, 3.05) is 0 Å². The molecule has 2 atom stereocenters. The van der Waals surface area contributed by atoms with Crippen LogP contribution in [0.3, 0.4) is 0 Å². The fraction of sp³-hybridized carbons (Fsp3) is 0.167. The van der Waals surface area contributed by atoms with Crippen LogP contribution in [-0.2, 0) is 86.6 Å². The predicted molar refractivity (Wildman–Crippen MR) is 384 cm³/mol. The Kier molecular flexibility index (Phi) is 30.8. The molecule has 1 heterocycles. The van der Waals surface area contributed by atoms with Gasteiger partial charge in [-0.15, -0.1) is 0 Å². The normalized spacial score (nSPS) is 16.9. The summed E-state index contributed by atoms with van der Waals surface area (Å²) in [5, 5.41) is 2.52. The number of hydrogen-bond acceptors (Lipinski definition) is 2. The smallest absolute Gasteiger partial charge is 0.286 e. The second-order valence-electron chi connectivity index (χ2n) is 25.8. The van der Waals surface area contributed by atoms with Crippen molar-refractivity contribution in [1.29, 1.82) is 0 Å². The van der Waals surface area contributed by atoms with Gasteiger partial charge in [0, 0.05) is 31.3 Å². The van der Waals surface area contributed by atoms with E-state index in [1.165, 1.54) is 42.0 Å². The number of amides is 1. The van der Waals surface area contributed by atoms with E-state index in [1.807, 2.05) is 104 Å². The van der Waals surface area contributed by atoms with E-state index in [2.05, 4.69) is 130 Å². The van der Waals surface area contributed by atoms with E-state index in [-0.39, 0.29) is 55.2 Å². The number of carbonyl (C=O) groups is 1. The van der Waals surface area contributed by atoms with E-state index in [1.54, 1.807) is 0 Å². The maximum atomic E-state index is 14.6. The SMILES string of the molecule is FC(F)(F)c1cc([B-](c2cc(C(F)(F)F)cc(C(F)(F)F)c2)(c2cc(C(F)(F)F)cc(C(F)(F)F)c2)c2cc(C(F)(F)F)cc(C(F)(F)F)c2)cc(C(F)(F)F)c1.O=C(c1ccccc1)N1C([C]2[CH][CH][CH][C]2P(c2ccccc2)c2ccccc2)=N[C@H](c2ccccc2)[C@H]1c1ccccc1.[CH]1[CH]CC[CH][CH]CC1.[CH]1[CH][CH][CH][CH]1.[Fe+2].[Ir]. The molecule has 3 fully saturated rings. The van der Waals surface area contributed by atoms with Crippen LogP contribution in [0, 0.1) is 88.6 Å². The first kappa shape index (κ1) is 92.6. The van der Waals surface area contributed by atoms with Gasteiger partial charge in [0.2, 0.25) is 0 Å². The van der Waals surface area contributed by atoms with Gasteiger partial charge in [0.1, 0.15) is 18.0 Å². The fourth-order valence-electron chi connectivity index (χ4n) is 13.2. The van der Waals surface area contributed by atoms with Crippen LogP contribution < -0.4 is 32.5 Å². The molecule has 15 radical (unpaired) electrons. The molecule has 13 rings (SSSR count). The van der Waals surface area contributed by atoms with Crippen LogP contribution in [0.15, 0.2) is 229 Å². The zero-order chi connectivity index (χ0) is 82.1. The second kappa shape index (κ2) is 38.2. The summed E-state index contributed by atoms with van der Waals surface area (Å²) in [6.07, 6.45) is -24.4. The first-order valence-corrected chi connectivity index (χ1v) is 35.4. The number of halogens is 24. The van der Waals surface area contributed by atoms with E-state index >= 15 is 0 Å². The van der Waals surface area contributed by atoms with Gasteiger partial charge in [-0.1, -0.05) is 188 Å². The number of aliphatic imine (C=N–C) groups is 1. The standard InChI is InChI=1S/C39H30N2OP.C32H12BF24.C8H12.C5H5.Fe.Ir/c42-39(31-21-10-3-11-22-31)41-37(30-19-8-2-9-20-30)36(29-17-6-1-7-18-29)40-38(41)34-27-16-28-35(34)43(32-23-12-4-13-24-32)33-25-14-5-15-26-33;34-25(35,36)13-1-14(26(37,38)39)6-21(5-13)33(22-7-15(27(40,41)42)2-16(8-22)28(43,44)45,23-9-17(29(46,47)48)3-18(10-23)30(49,50)51)24-11-19(31(52,53)54)4-20(12-24)32(55,56)57;1-2-4-6-8-7-5-3-1;1-2-4-5-3-1;;/h1-28,36-37H;1-12H;1-2,7-8H,3-6H2;1-5H;;/q;-1;;;+2;/t36-,37-;;;;;/m1...../s1. The number of benzene rings is 9. The van der Waals surface area contributed by atoms with Crippen molar-refractivity contribution >= 4 is 58.3 Å². The van der Waals surface area contributed by atoms with Crippen molar-refractivity contribution in [3.8, 4) is 0 Å². The summed E-state index contributed by atoms with van der Waals surface area (Å²) in [7, 11) is -0.894. The summed E-state index contributed by atoms with van der Waals surface area (Å²) < 4.78 is 341. The van der Waals surface area contributed by atoms with Crippen LogP contribution >= 0.6 is 7.92 Å². The van der Waals surface area contributed by atoms with Crippen LogP contribution in [0.5, 0.6) is 0 Å². The van der Waals surface area contributed by atoms with E-state index in [0.29, 0.717) is 5.56 Å². The molecule has 4 aliphatic rings. The molecule has 115 heavy (non-hydrogen) atoms.